The van der Waals surface area contributed by atoms with E-state index in [2.05, 4.69) is 6.92 Å². The molecule has 0 bridgehead atoms. The summed E-state index contributed by atoms with van der Waals surface area (Å²) < 4.78 is 10.5. The standard InChI is InChI=1S/C16H23NO3/c1-4-12-7-5-6-10-17(12)16(18)14-9-8-13(19-2)11-15(14)20-3/h8-9,11-12H,4-7,10H2,1-3H3. The first-order chi connectivity index (χ1) is 9.71. The maximum absolute atomic E-state index is 12.8. The van der Waals surface area contributed by atoms with E-state index in [4.69, 9.17) is 9.47 Å². The van der Waals surface area contributed by atoms with Gasteiger partial charge in [0.05, 0.1) is 19.8 Å². The lowest BCUT2D eigenvalue weighted by atomic mass is 9.98. The van der Waals surface area contributed by atoms with Crippen molar-refractivity contribution in [3.05, 3.63) is 23.8 Å². The monoisotopic (exact) mass is 277 g/mol. The number of benzene rings is 1. The molecule has 1 amide bonds. The predicted octanol–water partition coefficient (Wildman–Crippen LogP) is 3.11. The van der Waals surface area contributed by atoms with Gasteiger partial charge in [-0.2, -0.15) is 0 Å². The summed E-state index contributed by atoms with van der Waals surface area (Å²) in [5, 5.41) is 0. The Morgan fingerprint density at radius 2 is 2.10 bits per heavy atom. The number of likely N-dealkylation sites (tertiary alicyclic amines) is 1. The summed E-state index contributed by atoms with van der Waals surface area (Å²) >= 11 is 0. The summed E-state index contributed by atoms with van der Waals surface area (Å²) in [5.41, 5.74) is 0.619. The average molecular weight is 277 g/mol. The molecule has 0 saturated carbocycles. The second-order valence-corrected chi connectivity index (χ2v) is 5.12. The number of nitrogens with zero attached hydrogens (tertiary/aromatic N) is 1. The highest BCUT2D eigenvalue weighted by atomic mass is 16.5. The van der Waals surface area contributed by atoms with Gasteiger partial charge in [0, 0.05) is 18.7 Å². The molecule has 0 radical (unpaired) electrons. The maximum atomic E-state index is 12.8. The second kappa shape index (κ2) is 6.64. The second-order valence-electron chi connectivity index (χ2n) is 5.12. The van der Waals surface area contributed by atoms with Gasteiger partial charge in [-0.05, 0) is 37.8 Å². The minimum absolute atomic E-state index is 0.0658. The van der Waals surface area contributed by atoms with Crippen LogP contribution in [-0.4, -0.2) is 37.6 Å². The molecule has 110 valence electrons. The van der Waals surface area contributed by atoms with Crippen LogP contribution in [0, 0.1) is 0 Å². The fourth-order valence-corrected chi connectivity index (χ4v) is 2.82. The number of piperidine rings is 1. The average Bonchev–Trinajstić information content (AvgIpc) is 2.53. The number of amides is 1. The Labute approximate surface area is 120 Å². The minimum Gasteiger partial charge on any atom is -0.497 e. The summed E-state index contributed by atoms with van der Waals surface area (Å²) in [7, 11) is 3.19. The summed E-state index contributed by atoms with van der Waals surface area (Å²) in [5.74, 6) is 1.34. The Kier molecular flexibility index (Phi) is 4.88. The summed E-state index contributed by atoms with van der Waals surface area (Å²) in [4.78, 5) is 14.7. The van der Waals surface area contributed by atoms with E-state index in [0.717, 1.165) is 25.8 Å². The van der Waals surface area contributed by atoms with E-state index in [9.17, 15) is 4.79 Å². The van der Waals surface area contributed by atoms with Gasteiger partial charge in [0.1, 0.15) is 11.5 Å². The molecule has 2 rings (SSSR count). The van der Waals surface area contributed by atoms with Crippen molar-refractivity contribution in [3.63, 3.8) is 0 Å². The molecule has 1 aromatic carbocycles. The fourth-order valence-electron chi connectivity index (χ4n) is 2.82. The van der Waals surface area contributed by atoms with E-state index in [0.29, 0.717) is 23.1 Å². The van der Waals surface area contributed by atoms with Gasteiger partial charge in [-0.1, -0.05) is 6.92 Å². The zero-order chi connectivity index (χ0) is 14.5. The number of hydrogen-bond acceptors (Lipinski definition) is 3. The van der Waals surface area contributed by atoms with E-state index < -0.39 is 0 Å². The van der Waals surface area contributed by atoms with Crippen molar-refractivity contribution < 1.29 is 14.3 Å². The van der Waals surface area contributed by atoms with Gasteiger partial charge < -0.3 is 14.4 Å². The van der Waals surface area contributed by atoms with Crippen LogP contribution < -0.4 is 9.47 Å². The third-order valence-electron chi connectivity index (χ3n) is 4.00. The molecule has 4 heteroatoms. The first-order valence-electron chi connectivity index (χ1n) is 7.24. The van der Waals surface area contributed by atoms with Crippen molar-refractivity contribution in [1.29, 1.82) is 0 Å². The van der Waals surface area contributed by atoms with Gasteiger partial charge in [-0.25, -0.2) is 0 Å². The van der Waals surface area contributed by atoms with Crippen molar-refractivity contribution in [2.45, 2.75) is 38.6 Å². The van der Waals surface area contributed by atoms with Crippen LogP contribution in [0.25, 0.3) is 0 Å². The molecular formula is C16H23NO3. The molecule has 1 heterocycles. The number of carbonyl (C=O) groups is 1. The van der Waals surface area contributed by atoms with Crippen LogP contribution in [-0.2, 0) is 0 Å². The molecule has 4 nitrogen and oxygen atoms in total. The molecule has 1 unspecified atom stereocenters. The first-order valence-corrected chi connectivity index (χ1v) is 7.24. The van der Waals surface area contributed by atoms with Crippen LogP contribution in [0.5, 0.6) is 11.5 Å². The Balaban J connectivity index is 2.27. The Hall–Kier alpha value is -1.71. The lowest BCUT2D eigenvalue weighted by Gasteiger charge is -2.35. The third-order valence-corrected chi connectivity index (χ3v) is 4.00. The molecule has 0 aromatic heterocycles. The van der Waals surface area contributed by atoms with Crippen molar-refractivity contribution in [2.75, 3.05) is 20.8 Å². The van der Waals surface area contributed by atoms with Gasteiger partial charge >= 0.3 is 0 Å². The number of rotatable bonds is 4. The molecule has 0 spiro atoms. The summed E-state index contributed by atoms with van der Waals surface area (Å²) in [6, 6.07) is 5.71. The third kappa shape index (κ3) is 2.89. The van der Waals surface area contributed by atoms with Crippen molar-refractivity contribution in [2.24, 2.45) is 0 Å². The Bertz CT molecular complexity index is 473. The number of methoxy groups -OCH3 is 2. The van der Waals surface area contributed by atoms with Gasteiger partial charge in [-0.3, -0.25) is 4.79 Å². The number of carbonyl (C=O) groups excluding carboxylic acids is 1. The highest BCUT2D eigenvalue weighted by molar-refractivity contribution is 5.97. The SMILES string of the molecule is CCC1CCCCN1C(=O)c1ccc(OC)cc1OC. The predicted molar refractivity (Wildman–Crippen MR) is 78.5 cm³/mol. The molecule has 1 aromatic rings. The van der Waals surface area contributed by atoms with Crippen molar-refractivity contribution in [3.8, 4) is 11.5 Å². The van der Waals surface area contributed by atoms with E-state index in [1.165, 1.54) is 6.42 Å². The quantitative estimate of drug-likeness (QED) is 0.849. The van der Waals surface area contributed by atoms with Gasteiger partial charge in [0.15, 0.2) is 0 Å². The van der Waals surface area contributed by atoms with Crippen molar-refractivity contribution in [1.82, 2.24) is 4.90 Å². The molecule has 1 fully saturated rings. The zero-order valence-corrected chi connectivity index (χ0v) is 12.5. The largest absolute Gasteiger partial charge is 0.497 e. The molecule has 1 atom stereocenters. The molecule has 1 saturated heterocycles. The van der Waals surface area contributed by atoms with Gasteiger partial charge in [-0.15, -0.1) is 0 Å². The molecule has 1 aliphatic heterocycles. The van der Waals surface area contributed by atoms with Crippen LogP contribution in [0.15, 0.2) is 18.2 Å². The zero-order valence-electron chi connectivity index (χ0n) is 12.5. The minimum atomic E-state index is 0.0658. The van der Waals surface area contributed by atoms with Crippen molar-refractivity contribution >= 4 is 5.91 Å². The lowest BCUT2D eigenvalue weighted by Crippen LogP contribution is -2.43. The molecule has 1 aliphatic rings. The van der Waals surface area contributed by atoms with Crippen LogP contribution >= 0.6 is 0 Å². The van der Waals surface area contributed by atoms with Crippen LogP contribution in [0.3, 0.4) is 0 Å². The fraction of sp³-hybridized carbons (Fsp3) is 0.562. The van der Waals surface area contributed by atoms with E-state index >= 15 is 0 Å². The smallest absolute Gasteiger partial charge is 0.257 e. The molecular weight excluding hydrogens is 254 g/mol. The number of ether oxygens (including phenoxy) is 2. The summed E-state index contributed by atoms with van der Waals surface area (Å²) in [6.45, 7) is 2.98. The van der Waals surface area contributed by atoms with Gasteiger partial charge in [0.25, 0.3) is 5.91 Å². The normalized spacial score (nSPS) is 18.8. The Morgan fingerprint density at radius 1 is 1.30 bits per heavy atom. The van der Waals surface area contributed by atoms with Crippen LogP contribution in [0.4, 0.5) is 0 Å². The molecule has 20 heavy (non-hydrogen) atoms. The first kappa shape index (κ1) is 14.7. The highest BCUT2D eigenvalue weighted by Crippen LogP contribution is 2.28. The lowest BCUT2D eigenvalue weighted by molar-refractivity contribution is 0.0604. The Morgan fingerprint density at radius 3 is 2.75 bits per heavy atom. The molecule has 0 aliphatic carbocycles. The van der Waals surface area contributed by atoms with E-state index in [-0.39, 0.29) is 5.91 Å². The van der Waals surface area contributed by atoms with Gasteiger partial charge in [0.2, 0.25) is 0 Å². The van der Waals surface area contributed by atoms with E-state index in [1.54, 1.807) is 32.4 Å². The maximum Gasteiger partial charge on any atom is 0.257 e. The number of hydrogen-bond donors (Lipinski definition) is 0. The topological polar surface area (TPSA) is 38.8 Å². The van der Waals surface area contributed by atoms with Crippen LogP contribution in [0.2, 0.25) is 0 Å². The van der Waals surface area contributed by atoms with E-state index in [1.807, 2.05) is 4.90 Å². The molecule has 0 N–H and O–H groups in total. The highest BCUT2D eigenvalue weighted by Gasteiger charge is 2.27. The van der Waals surface area contributed by atoms with Crippen LogP contribution in [0.1, 0.15) is 43.0 Å². The summed E-state index contributed by atoms with van der Waals surface area (Å²) in [6.07, 6.45) is 4.40.